The SMILES string of the molecule is COc1ccc(CNC(=O)COc2cccc(-n3ccnc3)c2)cc1. The molecule has 0 bridgehead atoms. The summed E-state index contributed by atoms with van der Waals surface area (Å²) in [4.78, 5) is 16.0. The molecule has 6 heteroatoms. The van der Waals surface area contributed by atoms with Gasteiger partial charge in [0.1, 0.15) is 11.5 Å². The molecule has 1 amide bonds. The van der Waals surface area contributed by atoms with Crippen LogP contribution < -0.4 is 14.8 Å². The van der Waals surface area contributed by atoms with Gasteiger partial charge in [-0.1, -0.05) is 18.2 Å². The molecule has 0 aliphatic rings. The lowest BCUT2D eigenvalue weighted by atomic mass is 10.2. The molecule has 2 aromatic carbocycles. The smallest absolute Gasteiger partial charge is 0.258 e. The van der Waals surface area contributed by atoms with Gasteiger partial charge >= 0.3 is 0 Å². The predicted molar refractivity (Wildman–Crippen MR) is 93.9 cm³/mol. The van der Waals surface area contributed by atoms with Gasteiger partial charge < -0.3 is 19.4 Å². The summed E-state index contributed by atoms with van der Waals surface area (Å²) >= 11 is 0. The number of hydrogen-bond acceptors (Lipinski definition) is 4. The summed E-state index contributed by atoms with van der Waals surface area (Å²) in [5.41, 5.74) is 1.92. The molecule has 1 heterocycles. The van der Waals surface area contributed by atoms with Crippen molar-refractivity contribution in [2.75, 3.05) is 13.7 Å². The van der Waals surface area contributed by atoms with Crippen LogP contribution in [0.1, 0.15) is 5.56 Å². The third kappa shape index (κ3) is 4.60. The first-order chi connectivity index (χ1) is 12.2. The van der Waals surface area contributed by atoms with Crippen LogP contribution in [0.25, 0.3) is 5.69 Å². The second-order valence-corrected chi connectivity index (χ2v) is 5.38. The number of methoxy groups -OCH3 is 1. The van der Waals surface area contributed by atoms with Crippen molar-refractivity contribution in [1.29, 1.82) is 0 Å². The zero-order chi connectivity index (χ0) is 17.5. The summed E-state index contributed by atoms with van der Waals surface area (Å²) in [6.45, 7) is 0.408. The third-order valence-corrected chi connectivity index (χ3v) is 3.64. The highest BCUT2D eigenvalue weighted by Crippen LogP contribution is 2.16. The minimum atomic E-state index is -0.177. The molecule has 0 saturated carbocycles. The highest BCUT2D eigenvalue weighted by molar-refractivity contribution is 5.77. The van der Waals surface area contributed by atoms with E-state index in [1.165, 1.54) is 0 Å². The van der Waals surface area contributed by atoms with Crippen molar-refractivity contribution in [3.63, 3.8) is 0 Å². The molecule has 0 aliphatic carbocycles. The maximum absolute atomic E-state index is 12.0. The topological polar surface area (TPSA) is 65.4 Å². The fraction of sp³-hybridized carbons (Fsp3) is 0.158. The van der Waals surface area contributed by atoms with E-state index in [2.05, 4.69) is 10.3 Å². The molecule has 0 fully saturated rings. The van der Waals surface area contributed by atoms with Gasteiger partial charge in [0, 0.05) is 25.0 Å². The Morgan fingerprint density at radius 1 is 1.16 bits per heavy atom. The Balaban J connectivity index is 1.49. The van der Waals surface area contributed by atoms with E-state index in [-0.39, 0.29) is 12.5 Å². The number of benzene rings is 2. The maximum Gasteiger partial charge on any atom is 0.258 e. The van der Waals surface area contributed by atoms with Crippen molar-refractivity contribution in [3.8, 4) is 17.2 Å². The summed E-state index contributed by atoms with van der Waals surface area (Å²) in [6, 6.07) is 15.0. The van der Waals surface area contributed by atoms with E-state index in [0.717, 1.165) is 17.0 Å². The Labute approximate surface area is 146 Å². The second-order valence-electron chi connectivity index (χ2n) is 5.38. The Hall–Kier alpha value is -3.28. The molecule has 1 N–H and O–H groups in total. The molecule has 0 aliphatic heterocycles. The minimum absolute atomic E-state index is 0.0382. The van der Waals surface area contributed by atoms with Crippen LogP contribution in [0.5, 0.6) is 11.5 Å². The summed E-state index contributed by atoms with van der Waals surface area (Å²) in [6.07, 6.45) is 5.27. The van der Waals surface area contributed by atoms with Crippen molar-refractivity contribution >= 4 is 5.91 Å². The normalized spacial score (nSPS) is 10.3. The summed E-state index contributed by atoms with van der Waals surface area (Å²) < 4.78 is 12.5. The van der Waals surface area contributed by atoms with Crippen LogP contribution >= 0.6 is 0 Å². The number of rotatable bonds is 7. The van der Waals surface area contributed by atoms with E-state index in [0.29, 0.717) is 12.3 Å². The molecule has 0 atom stereocenters. The van der Waals surface area contributed by atoms with Crippen LogP contribution in [0.4, 0.5) is 0 Å². The summed E-state index contributed by atoms with van der Waals surface area (Å²) in [7, 11) is 1.62. The van der Waals surface area contributed by atoms with Gasteiger partial charge in [-0.25, -0.2) is 4.98 Å². The standard InChI is InChI=1S/C19H19N3O3/c1-24-17-7-5-15(6-8-17)12-21-19(23)13-25-18-4-2-3-16(11-18)22-10-9-20-14-22/h2-11,14H,12-13H2,1H3,(H,21,23). The van der Waals surface area contributed by atoms with Gasteiger partial charge in [-0.05, 0) is 29.8 Å². The average Bonchev–Trinajstić information content (AvgIpc) is 3.20. The van der Waals surface area contributed by atoms with E-state index < -0.39 is 0 Å². The van der Waals surface area contributed by atoms with Gasteiger partial charge in [-0.2, -0.15) is 0 Å². The number of nitrogens with one attached hydrogen (secondary N) is 1. The zero-order valence-electron chi connectivity index (χ0n) is 13.9. The molecule has 128 valence electrons. The Bertz CT molecular complexity index is 814. The van der Waals surface area contributed by atoms with Gasteiger partial charge in [0.25, 0.3) is 5.91 Å². The minimum Gasteiger partial charge on any atom is -0.497 e. The van der Waals surface area contributed by atoms with Crippen LogP contribution in [0, 0.1) is 0 Å². The number of ether oxygens (including phenoxy) is 2. The molecule has 25 heavy (non-hydrogen) atoms. The van der Waals surface area contributed by atoms with Crippen LogP contribution in [0.3, 0.4) is 0 Å². The second kappa shape index (κ2) is 8.01. The van der Waals surface area contributed by atoms with E-state index >= 15 is 0 Å². The van der Waals surface area contributed by atoms with Crippen LogP contribution in [0.15, 0.2) is 67.3 Å². The van der Waals surface area contributed by atoms with E-state index in [1.54, 1.807) is 19.6 Å². The molecule has 0 saturated heterocycles. The number of amides is 1. The monoisotopic (exact) mass is 337 g/mol. The Kier molecular flexibility index (Phi) is 5.31. The Morgan fingerprint density at radius 2 is 2.00 bits per heavy atom. The molecule has 6 nitrogen and oxygen atoms in total. The summed E-state index contributed by atoms with van der Waals surface area (Å²) in [5, 5.41) is 2.83. The van der Waals surface area contributed by atoms with Crippen LogP contribution in [-0.2, 0) is 11.3 Å². The summed E-state index contributed by atoms with van der Waals surface area (Å²) in [5.74, 6) is 1.24. The number of imidazole rings is 1. The lowest BCUT2D eigenvalue weighted by Gasteiger charge is -2.09. The van der Waals surface area contributed by atoms with Gasteiger partial charge in [0.05, 0.1) is 19.1 Å². The van der Waals surface area contributed by atoms with Crippen molar-refractivity contribution in [2.24, 2.45) is 0 Å². The fourth-order valence-electron chi connectivity index (χ4n) is 2.29. The average molecular weight is 337 g/mol. The van der Waals surface area contributed by atoms with Crippen molar-refractivity contribution in [1.82, 2.24) is 14.9 Å². The number of hydrogen-bond donors (Lipinski definition) is 1. The van der Waals surface area contributed by atoms with Crippen molar-refractivity contribution in [3.05, 3.63) is 72.8 Å². The van der Waals surface area contributed by atoms with Gasteiger partial charge in [-0.3, -0.25) is 4.79 Å². The molecular formula is C19H19N3O3. The third-order valence-electron chi connectivity index (χ3n) is 3.64. The first kappa shape index (κ1) is 16.6. The Morgan fingerprint density at radius 3 is 2.72 bits per heavy atom. The van der Waals surface area contributed by atoms with Gasteiger partial charge in [-0.15, -0.1) is 0 Å². The van der Waals surface area contributed by atoms with E-state index in [4.69, 9.17) is 9.47 Å². The highest BCUT2D eigenvalue weighted by atomic mass is 16.5. The van der Waals surface area contributed by atoms with E-state index in [9.17, 15) is 4.79 Å². The molecule has 0 radical (unpaired) electrons. The first-order valence-electron chi connectivity index (χ1n) is 7.85. The molecular weight excluding hydrogens is 318 g/mol. The predicted octanol–water partition coefficient (Wildman–Crippen LogP) is 2.58. The van der Waals surface area contributed by atoms with Crippen molar-refractivity contribution in [2.45, 2.75) is 6.54 Å². The molecule has 0 unspecified atom stereocenters. The van der Waals surface area contributed by atoms with Crippen LogP contribution in [0.2, 0.25) is 0 Å². The zero-order valence-corrected chi connectivity index (χ0v) is 13.9. The number of carbonyl (C=O) groups excluding carboxylic acids is 1. The number of carbonyl (C=O) groups is 1. The molecule has 1 aromatic heterocycles. The van der Waals surface area contributed by atoms with Gasteiger partial charge in [0.2, 0.25) is 0 Å². The maximum atomic E-state index is 12.0. The fourth-order valence-corrected chi connectivity index (χ4v) is 2.29. The number of nitrogens with zero attached hydrogens (tertiary/aromatic N) is 2. The highest BCUT2D eigenvalue weighted by Gasteiger charge is 2.04. The van der Waals surface area contributed by atoms with Gasteiger partial charge in [0.15, 0.2) is 6.61 Å². The van der Waals surface area contributed by atoms with Crippen LogP contribution in [-0.4, -0.2) is 29.2 Å². The first-order valence-corrected chi connectivity index (χ1v) is 7.85. The molecule has 3 aromatic rings. The molecule has 3 rings (SSSR count). The largest absolute Gasteiger partial charge is 0.497 e. The van der Waals surface area contributed by atoms with E-state index in [1.807, 2.05) is 59.3 Å². The molecule has 0 spiro atoms. The number of aromatic nitrogens is 2. The lowest BCUT2D eigenvalue weighted by Crippen LogP contribution is -2.28. The quantitative estimate of drug-likeness (QED) is 0.720. The lowest BCUT2D eigenvalue weighted by molar-refractivity contribution is -0.123. The van der Waals surface area contributed by atoms with Crippen molar-refractivity contribution < 1.29 is 14.3 Å².